The Hall–Kier alpha value is -3.61. The number of pyridine rings is 2. The smallest absolute Gasteiger partial charge is 0.269 e. The van der Waals surface area contributed by atoms with Crippen LogP contribution in [0.1, 0.15) is 37.5 Å². The lowest BCUT2D eigenvalue weighted by molar-refractivity contribution is 0.0955. The van der Waals surface area contributed by atoms with E-state index >= 15 is 0 Å². The summed E-state index contributed by atoms with van der Waals surface area (Å²) < 4.78 is 14.1. The molecule has 1 N–H and O–H groups in total. The van der Waals surface area contributed by atoms with Crippen molar-refractivity contribution in [2.24, 2.45) is 0 Å². The highest BCUT2D eigenvalue weighted by molar-refractivity contribution is 6.07. The zero-order valence-corrected chi connectivity index (χ0v) is 15.9. The fourth-order valence-corrected chi connectivity index (χ4v) is 3.44. The van der Waals surface area contributed by atoms with Gasteiger partial charge in [-0.3, -0.25) is 19.5 Å². The summed E-state index contributed by atoms with van der Waals surface area (Å²) >= 11 is 0. The van der Waals surface area contributed by atoms with Gasteiger partial charge in [0.1, 0.15) is 5.69 Å². The minimum atomic E-state index is -0.511. The van der Waals surface area contributed by atoms with Crippen LogP contribution in [-0.2, 0) is 12.8 Å². The van der Waals surface area contributed by atoms with E-state index in [2.05, 4.69) is 15.3 Å². The second-order valence-corrected chi connectivity index (χ2v) is 6.81. The maximum atomic E-state index is 14.1. The van der Waals surface area contributed by atoms with Crippen LogP contribution < -0.4 is 10.2 Å². The number of benzene rings is 1. The first kappa shape index (κ1) is 18.7. The molecule has 0 bridgehead atoms. The zero-order valence-electron chi connectivity index (χ0n) is 15.9. The highest BCUT2D eigenvalue weighted by Gasteiger charge is 2.28. The highest BCUT2D eigenvalue weighted by Crippen LogP contribution is 2.26. The molecule has 1 aliphatic rings. The van der Waals surface area contributed by atoms with Crippen LogP contribution in [0.2, 0.25) is 0 Å². The Kier molecular flexibility index (Phi) is 5.03. The molecule has 1 aliphatic heterocycles. The Balaban J connectivity index is 1.58. The second-order valence-electron chi connectivity index (χ2n) is 6.81. The van der Waals surface area contributed by atoms with Crippen molar-refractivity contribution in [3.8, 4) is 0 Å². The van der Waals surface area contributed by atoms with Crippen molar-refractivity contribution in [3.05, 3.63) is 88.6 Å². The van der Waals surface area contributed by atoms with Gasteiger partial charge in [-0.1, -0.05) is 18.2 Å². The summed E-state index contributed by atoms with van der Waals surface area (Å²) in [6, 6.07) is 12.1. The average molecular weight is 390 g/mol. The van der Waals surface area contributed by atoms with E-state index in [4.69, 9.17) is 0 Å². The van der Waals surface area contributed by atoms with Crippen molar-refractivity contribution < 1.29 is 14.0 Å². The SMILES string of the molecule is CNC(=O)c1ccc(Cc2ccc3c(c2)C(=O)N(c2ncccc2F)CC3)cn1. The van der Waals surface area contributed by atoms with E-state index in [1.54, 1.807) is 19.3 Å². The van der Waals surface area contributed by atoms with E-state index in [0.29, 0.717) is 30.6 Å². The summed E-state index contributed by atoms with van der Waals surface area (Å²) in [7, 11) is 1.56. The van der Waals surface area contributed by atoms with Gasteiger partial charge in [0.15, 0.2) is 11.6 Å². The molecular weight excluding hydrogens is 371 g/mol. The molecule has 0 unspecified atom stereocenters. The summed E-state index contributed by atoms with van der Waals surface area (Å²) in [5.74, 6) is -0.943. The van der Waals surface area contributed by atoms with Crippen molar-refractivity contribution >= 4 is 17.6 Å². The molecule has 0 aliphatic carbocycles. The lowest BCUT2D eigenvalue weighted by atomic mass is 9.94. The number of rotatable bonds is 4. The van der Waals surface area contributed by atoms with Crippen molar-refractivity contribution in [1.29, 1.82) is 0 Å². The van der Waals surface area contributed by atoms with Gasteiger partial charge in [-0.2, -0.15) is 0 Å². The maximum Gasteiger partial charge on any atom is 0.269 e. The van der Waals surface area contributed by atoms with E-state index in [0.717, 1.165) is 16.7 Å². The standard InChI is InChI=1S/C22H19FN4O2/c1-24-21(28)19-7-5-15(13-26-19)11-14-4-6-16-8-10-27(22(29)17(16)12-14)20-18(23)3-2-9-25-20/h2-7,9,12-13H,8,10-11H2,1H3,(H,24,28). The number of hydrogen-bond acceptors (Lipinski definition) is 4. The molecule has 7 heteroatoms. The summed E-state index contributed by atoms with van der Waals surface area (Å²) in [6.07, 6.45) is 4.34. The lowest BCUT2D eigenvalue weighted by Crippen LogP contribution is -2.38. The van der Waals surface area contributed by atoms with Gasteiger partial charge >= 0.3 is 0 Å². The highest BCUT2D eigenvalue weighted by atomic mass is 19.1. The molecule has 2 amide bonds. The molecule has 0 saturated carbocycles. The molecule has 29 heavy (non-hydrogen) atoms. The zero-order chi connectivity index (χ0) is 20.4. The van der Waals surface area contributed by atoms with Crippen LogP contribution in [-0.4, -0.2) is 35.4 Å². The third-order valence-corrected chi connectivity index (χ3v) is 4.94. The minimum absolute atomic E-state index is 0.0579. The molecule has 4 rings (SSSR count). The second kappa shape index (κ2) is 7.79. The van der Waals surface area contributed by atoms with E-state index in [1.807, 2.05) is 24.3 Å². The molecule has 146 valence electrons. The molecule has 3 aromatic rings. The molecule has 1 aromatic carbocycles. The molecule has 3 heterocycles. The summed E-state index contributed by atoms with van der Waals surface area (Å²) in [4.78, 5) is 34.2. The number of hydrogen-bond donors (Lipinski definition) is 1. The summed E-state index contributed by atoms with van der Waals surface area (Å²) in [5.41, 5.74) is 3.72. The Morgan fingerprint density at radius 2 is 2.00 bits per heavy atom. The monoisotopic (exact) mass is 390 g/mol. The van der Waals surface area contributed by atoms with Crippen LogP contribution in [0.5, 0.6) is 0 Å². The lowest BCUT2D eigenvalue weighted by Gasteiger charge is -2.28. The number of fused-ring (bicyclic) bond motifs is 1. The van der Waals surface area contributed by atoms with Gasteiger partial charge in [0, 0.05) is 31.5 Å². The van der Waals surface area contributed by atoms with E-state index in [9.17, 15) is 14.0 Å². The van der Waals surface area contributed by atoms with E-state index in [-0.39, 0.29) is 17.6 Å². The number of carbonyl (C=O) groups is 2. The first-order valence-electron chi connectivity index (χ1n) is 9.28. The fourth-order valence-electron chi connectivity index (χ4n) is 3.44. The van der Waals surface area contributed by atoms with Crippen LogP contribution in [0.15, 0.2) is 54.9 Å². The normalized spacial score (nSPS) is 13.2. The van der Waals surface area contributed by atoms with Crippen molar-refractivity contribution in [2.75, 3.05) is 18.5 Å². The first-order valence-corrected chi connectivity index (χ1v) is 9.28. The molecule has 0 saturated heterocycles. The van der Waals surface area contributed by atoms with Crippen LogP contribution >= 0.6 is 0 Å². The van der Waals surface area contributed by atoms with Gasteiger partial charge in [-0.15, -0.1) is 0 Å². The topological polar surface area (TPSA) is 75.2 Å². The number of nitrogens with one attached hydrogen (secondary N) is 1. The molecule has 0 fully saturated rings. The number of carbonyl (C=O) groups excluding carboxylic acids is 2. The van der Waals surface area contributed by atoms with E-state index < -0.39 is 5.82 Å². The van der Waals surface area contributed by atoms with Gasteiger partial charge < -0.3 is 5.32 Å². The van der Waals surface area contributed by atoms with Crippen molar-refractivity contribution in [1.82, 2.24) is 15.3 Å². The minimum Gasteiger partial charge on any atom is -0.354 e. The summed E-state index contributed by atoms with van der Waals surface area (Å²) in [5, 5.41) is 2.54. The van der Waals surface area contributed by atoms with E-state index in [1.165, 1.54) is 23.2 Å². The van der Waals surface area contributed by atoms with Crippen LogP contribution in [0.25, 0.3) is 0 Å². The summed E-state index contributed by atoms with van der Waals surface area (Å²) in [6.45, 7) is 0.393. The number of halogens is 1. The predicted molar refractivity (Wildman–Crippen MR) is 106 cm³/mol. The largest absolute Gasteiger partial charge is 0.354 e. The fraction of sp³-hybridized carbons (Fsp3) is 0.182. The molecule has 0 spiro atoms. The number of aromatic nitrogens is 2. The number of anilines is 1. The number of amides is 2. The van der Waals surface area contributed by atoms with Crippen LogP contribution in [0.4, 0.5) is 10.2 Å². The Bertz CT molecular complexity index is 1080. The molecule has 0 atom stereocenters. The number of nitrogens with zero attached hydrogens (tertiary/aromatic N) is 3. The Morgan fingerprint density at radius 3 is 2.72 bits per heavy atom. The van der Waals surface area contributed by atoms with Gasteiger partial charge in [0.05, 0.1) is 0 Å². The quantitative estimate of drug-likeness (QED) is 0.743. The van der Waals surface area contributed by atoms with Crippen LogP contribution in [0, 0.1) is 5.82 Å². The molecule has 2 aromatic heterocycles. The third kappa shape index (κ3) is 3.71. The van der Waals surface area contributed by atoms with Crippen molar-refractivity contribution in [2.45, 2.75) is 12.8 Å². The molecule has 0 radical (unpaired) electrons. The van der Waals surface area contributed by atoms with Gasteiger partial charge in [-0.25, -0.2) is 9.37 Å². The predicted octanol–water partition coefficient (Wildman–Crippen LogP) is 2.77. The van der Waals surface area contributed by atoms with Crippen LogP contribution in [0.3, 0.4) is 0 Å². The van der Waals surface area contributed by atoms with Gasteiger partial charge in [-0.05, 0) is 53.8 Å². The first-order chi connectivity index (χ1) is 14.1. The molecular formula is C22H19FN4O2. The Labute approximate surface area is 167 Å². The maximum absolute atomic E-state index is 14.1. The van der Waals surface area contributed by atoms with Gasteiger partial charge in [0.25, 0.3) is 11.8 Å². The van der Waals surface area contributed by atoms with Gasteiger partial charge in [0.2, 0.25) is 0 Å². The Morgan fingerprint density at radius 1 is 1.17 bits per heavy atom. The van der Waals surface area contributed by atoms with Crippen molar-refractivity contribution in [3.63, 3.8) is 0 Å². The average Bonchev–Trinajstić information content (AvgIpc) is 2.75. The molecule has 6 nitrogen and oxygen atoms in total. The third-order valence-electron chi connectivity index (χ3n) is 4.94.